The highest BCUT2D eigenvalue weighted by atomic mass is 16.5. The third-order valence-corrected chi connectivity index (χ3v) is 20.5. The number of rotatable bonds is 10. The Bertz CT molecular complexity index is 2670. The van der Waals surface area contributed by atoms with Gasteiger partial charge in [0.15, 0.2) is 23.0 Å². The van der Waals surface area contributed by atoms with Crippen LogP contribution in [0.5, 0.6) is 23.0 Å². The molecule has 9 aliphatic rings. The molecule has 0 radical (unpaired) electrons. The number of carbonyl (C=O) groups is 1. The van der Waals surface area contributed by atoms with Crippen LogP contribution in [0.2, 0.25) is 0 Å². The number of ether oxygens (including phenoxy) is 1. The first-order chi connectivity index (χ1) is 32.9. The fourth-order valence-electron chi connectivity index (χ4n) is 18.4. The van der Waals surface area contributed by atoms with Crippen LogP contribution in [0.4, 0.5) is 0 Å². The van der Waals surface area contributed by atoms with Crippen molar-refractivity contribution in [3.63, 3.8) is 0 Å². The first-order valence-electron chi connectivity index (χ1n) is 25.6. The molecule has 68 heavy (non-hydrogen) atoms. The maximum Gasteiger partial charge on any atom is 0.160 e. The van der Waals surface area contributed by atoms with Gasteiger partial charge in [0.05, 0.1) is 19.3 Å². The number of ketones is 1. The fourth-order valence-corrected chi connectivity index (χ4v) is 18.4. The maximum absolute atomic E-state index is 15.6. The average molecular weight is 922 g/mol. The molecule has 10 nitrogen and oxygen atoms in total. The van der Waals surface area contributed by atoms with Gasteiger partial charge in [0.1, 0.15) is 5.78 Å². The molecule has 10 heteroatoms. The van der Waals surface area contributed by atoms with E-state index in [1.807, 2.05) is 30.3 Å². The number of methoxy groups -OCH3 is 1. The molecule has 15 unspecified atom stereocenters. The highest BCUT2D eigenvalue weighted by Crippen LogP contribution is 2.85. The lowest BCUT2D eigenvalue weighted by molar-refractivity contribution is -0.264. The first kappa shape index (κ1) is 44.6. The summed E-state index contributed by atoms with van der Waals surface area (Å²) in [6.07, 6.45) is 16.1. The average Bonchev–Trinajstić information content (AvgIpc) is 3.74. The van der Waals surface area contributed by atoms with E-state index in [-0.39, 0.29) is 102 Å². The molecule has 8 N–H and O–H groups in total. The zero-order valence-corrected chi connectivity index (χ0v) is 39.2. The van der Waals surface area contributed by atoms with Crippen LogP contribution in [-0.4, -0.2) is 79.5 Å². The van der Waals surface area contributed by atoms with Crippen molar-refractivity contribution >= 4 is 5.78 Å². The molecule has 1 heterocycles. The standard InChI is InChI=1S/C58H67NO9/c1-68-51-24-43(37(31-62)20-50(51)66)42-22-41(63)29-57(67)40(10-6-17-60)28-55-27-39-14-13-34(15-18-61)45-21-38-9-5-16-54(38)32-56(39,45)52-26-46(54)44-23-48(64)49(65)25-47(44)58(52,55)53(57)36(30-59-55)12-11-35(42)19-33-7-3-2-4-8-33/h2-4,7-8,13-14,20-21,23-25,34-36,38-40,42,46,52-53,59-62,64-67H,5-6,9-10,15-19,22,26-32H2,1H3. The number of benzene rings is 3. The number of Topliss-reactive ketones (excluding diaryl/α,β-unsaturated/α-hetero) is 1. The third-order valence-electron chi connectivity index (χ3n) is 20.5. The summed E-state index contributed by atoms with van der Waals surface area (Å²) < 4.78 is 5.62. The lowest BCUT2D eigenvalue weighted by Crippen LogP contribution is -2.86. The molecule has 5 fully saturated rings. The Labute approximate surface area is 399 Å². The molecule has 8 aliphatic carbocycles. The summed E-state index contributed by atoms with van der Waals surface area (Å²) >= 11 is 0. The minimum absolute atomic E-state index is 0.0188. The number of nitrogens with one attached hydrogen (secondary N) is 1. The second-order valence-corrected chi connectivity index (χ2v) is 22.8. The number of hydrogen-bond acceptors (Lipinski definition) is 10. The second kappa shape index (κ2) is 15.9. The number of aliphatic hydroxyl groups excluding tert-OH is 3. The third kappa shape index (κ3) is 5.86. The molecule has 6 bridgehead atoms. The minimum atomic E-state index is -1.58. The van der Waals surface area contributed by atoms with Gasteiger partial charge in [-0.25, -0.2) is 0 Å². The molecule has 1 saturated heterocycles. The molecule has 3 spiro atoms. The minimum Gasteiger partial charge on any atom is -0.504 e. The zero-order chi connectivity index (χ0) is 47.0. The van der Waals surface area contributed by atoms with Crippen molar-refractivity contribution in [2.75, 3.05) is 26.9 Å². The Balaban J connectivity index is 1.13. The van der Waals surface area contributed by atoms with Crippen LogP contribution in [0, 0.1) is 70.0 Å². The Morgan fingerprint density at radius 3 is 2.50 bits per heavy atom. The highest BCUT2D eigenvalue weighted by molar-refractivity contribution is 5.81. The predicted molar refractivity (Wildman–Crippen MR) is 256 cm³/mol. The van der Waals surface area contributed by atoms with Crippen molar-refractivity contribution < 1.29 is 45.3 Å². The topological polar surface area (TPSA) is 180 Å². The number of allylic oxidation sites excluding steroid dienone is 4. The highest BCUT2D eigenvalue weighted by Gasteiger charge is 2.83. The lowest BCUT2D eigenvalue weighted by Gasteiger charge is -2.82. The van der Waals surface area contributed by atoms with E-state index in [1.54, 1.807) is 6.07 Å². The Morgan fingerprint density at radius 2 is 1.72 bits per heavy atom. The van der Waals surface area contributed by atoms with Gasteiger partial charge in [-0.3, -0.25) is 4.79 Å². The number of piperidine rings is 1. The van der Waals surface area contributed by atoms with E-state index in [4.69, 9.17) is 4.74 Å². The number of fused-ring (bicyclic) bond motifs is 3. The molecule has 12 rings (SSSR count). The molecule has 1 aliphatic heterocycles. The summed E-state index contributed by atoms with van der Waals surface area (Å²) in [5.41, 5.74) is 2.39. The van der Waals surface area contributed by atoms with Gasteiger partial charge in [-0.1, -0.05) is 72.4 Å². The van der Waals surface area contributed by atoms with Crippen molar-refractivity contribution in [3.05, 3.63) is 106 Å². The van der Waals surface area contributed by atoms with Crippen LogP contribution in [0.15, 0.2) is 78.4 Å². The van der Waals surface area contributed by atoms with Crippen molar-refractivity contribution in [2.24, 2.45) is 58.2 Å². The summed E-state index contributed by atoms with van der Waals surface area (Å²) in [4.78, 5) is 15.6. The smallest absolute Gasteiger partial charge is 0.160 e. The van der Waals surface area contributed by atoms with Crippen molar-refractivity contribution in [1.29, 1.82) is 0 Å². The quantitative estimate of drug-likeness (QED) is 0.0579. The summed E-state index contributed by atoms with van der Waals surface area (Å²) in [6, 6.07) is 17.1. The van der Waals surface area contributed by atoms with Gasteiger partial charge in [0.2, 0.25) is 0 Å². The number of phenolic OH excluding ortho intramolecular Hbond substituents is 3. The molecule has 358 valence electrons. The molecule has 15 atom stereocenters. The van der Waals surface area contributed by atoms with E-state index in [2.05, 4.69) is 47.5 Å². The van der Waals surface area contributed by atoms with Crippen LogP contribution in [-0.2, 0) is 23.2 Å². The number of aliphatic hydroxyl groups is 4. The lowest BCUT2D eigenvalue weighted by atomic mass is 9.24. The van der Waals surface area contributed by atoms with E-state index in [1.165, 1.54) is 18.7 Å². The SMILES string of the molecule is COc1cc(C2CC(=O)CC3(O)C(CCCO)CC45CC6C=CC(CCO)C7=CC8CCCC89CC76C6CC9c7cc(O)c(O)cc7C64C3C(C#CC2Cc2ccccc2)CN5)c(CO)cc1O. The number of carbonyl (C=O) groups excluding carboxylic acids is 1. The summed E-state index contributed by atoms with van der Waals surface area (Å²) in [5.74, 6) is 5.88. The van der Waals surface area contributed by atoms with Crippen LogP contribution in [0.1, 0.15) is 117 Å². The van der Waals surface area contributed by atoms with Gasteiger partial charge in [-0.05, 0) is 151 Å². The molecule has 0 aromatic heterocycles. The molecule has 3 aromatic rings. The predicted octanol–water partition coefficient (Wildman–Crippen LogP) is 7.46. The number of hydrogen-bond donors (Lipinski definition) is 8. The van der Waals surface area contributed by atoms with Crippen LogP contribution >= 0.6 is 0 Å². The molecule has 4 saturated carbocycles. The number of phenols is 3. The van der Waals surface area contributed by atoms with Crippen LogP contribution < -0.4 is 10.1 Å². The summed E-state index contributed by atoms with van der Waals surface area (Å²) in [5, 5.41) is 85.1. The maximum atomic E-state index is 15.6. The van der Waals surface area contributed by atoms with E-state index in [9.17, 15) is 35.7 Å². The zero-order valence-electron chi connectivity index (χ0n) is 39.2. The van der Waals surface area contributed by atoms with E-state index in [0.717, 1.165) is 55.2 Å². The normalized spacial score (nSPS) is 41.0. The van der Waals surface area contributed by atoms with Gasteiger partial charge in [-0.2, -0.15) is 0 Å². The summed E-state index contributed by atoms with van der Waals surface area (Å²) in [6.45, 7) is 0.157. The van der Waals surface area contributed by atoms with Gasteiger partial charge >= 0.3 is 0 Å². The van der Waals surface area contributed by atoms with Gasteiger partial charge in [-0.15, -0.1) is 0 Å². The largest absolute Gasteiger partial charge is 0.504 e. The second-order valence-electron chi connectivity index (χ2n) is 22.8. The van der Waals surface area contributed by atoms with Gasteiger partial charge in [0, 0.05) is 78.6 Å². The number of aromatic hydroxyl groups is 3. The first-order valence-corrected chi connectivity index (χ1v) is 25.6. The molecular weight excluding hydrogens is 855 g/mol. The monoisotopic (exact) mass is 921 g/mol. The van der Waals surface area contributed by atoms with E-state index < -0.39 is 40.2 Å². The molecular formula is C58H67NO9. The van der Waals surface area contributed by atoms with Crippen molar-refractivity contribution in [1.82, 2.24) is 5.32 Å². The van der Waals surface area contributed by atoms with Crippen LogP contribution in [0.3, 0.4) is 0 Å². The van der Waals surface area contributed by atoms with Gasteiger partial charge < -0.3 is 45.8 Å². The van der Waals surface area contributed by atoms with Crippen molar-refractivity contribution in [3.8, 4) is 34.8 Å². The fraction of sp³-hybridized carbons (Fsp3) is 0.569. The van der Waals surface area contributed by atoms with Crippen molar-refractivity contribution in [2.45, 2.75) is 118 Å². The van der Waals surface area contributed by atoms with E-state index >= 15 is 4.79 Å². The van der Waals surface area contributed by atoms with Gasteiger partial charge in [0.25, 0.3) is 0 Å². The summed E-state index contributed by atoms with van der Waals surface area (Å²) in [7, 11) is 1.48. The Morgan fingerprint density at radius 1 is 0.897 bits per heavy atom. The molecule has 3 aromatic carbocycles. The molecule has 0 amide bonds. The van der Waals surface area contributed by atoms with E-state index in [0.29, 0.717) is 55.7 Å². The Kier molecular flexibility index (Phi) is 10.5. The van der Waals surface area contributed by atoms with Crippen LogP contribution in [0.25, 0.3) is 0 Å². The Hall–Kier alpha value is -4.63.